The van der Waals surface area contributed by atoms with Crippen molar-refractivity contribution in [2.24, 2.45) is 5.41 Å². The van der Waals surface area contributed by atoms with Crippen molar-refractivity contribution in [3.63, 3.8) is 0 Å². The molecule has 0 bridgehead atoms. The first kappa shape index (κ1) is 11.0. The third kappa shape index (κ3) is 2.86. The fraction of sp³-hybridized carbons (Fsp3) is 0.857. The second-order valence-electron chi connectivity index (χ2n) is 3.50. The Kier molecular flexibility index (Phi) is 3.19. The molecule has 0 aliphatic carbocycles. The van der Waals surface area contributed by atoms with Crippen LogP contribution in [0.5, 0.6) is 0 Å². The third-order valence-corrected chi connectivity index (χ3v) is 1.90. The highest BCUT2D eigenvalue weighted by atomic mass is 35.5. The van der Waals surface area contributed by atoms with Gasteiger partial charge in [-0.05, 0) is 5.41 Å². The van der Waals surface area contributed by atoms with E-state index >= 15 is 0 Å². The molecule has 0 aromatic rings. The molecule has 0 saturated carbocycles. The van der Waals surface area contributed by atoms with Crippen LogP contribution in [0.2, 0.25) is 0 Å². The number of aliphatic hydroxyl groups excluding tert-OH is 1. The van der Waals surface area contributed by atoms with E-state index in [-0.39, 0.29) is 0 Å². The first-order valence-electron chi connectivity index (χ1n) is 3.19. The maximum absolute atomic E-state index is 9.43. The smallest absolute Gasteiger partial charge is 0.229 e. The Morgan fingerprint density at radius 1 is 1.36 bits per heavy atom. The maximum atomic E-state index is 9.43. The van der Waals surface area contributed by atoms with Gasteiger partial charge in [0.05, 0.1) is 0 Å². The molecule has 0 spiro atoms. The van der Waals surface area contributed by atoms with E-state index in [0.29, 0.717) is 0 Å². The second-order valence-corrected chi connectivity index (χ2v) is 4.89. The standard InChI is InChI=1S/C7H11Cl2NO/c1-6(2,3)5(11)7(8,9)4-10/h5,11H,1-3H3. The molecule has 0 aliphatic rings. The zero-order valence-electron chi connectivity index (χ0n) is 6.73. The van der Waals surface area contributed by atoms with Crippen LogP contribution < -0.4 is 0 Å². The van der Waals surface area contributed by atoms with Crippen LogP contribution >= 0.6 is 23.2 Å². The van der Waals surface area contributed by atoms with Crippen molar-refractivity contribution in [2.45, 2.75) is 31.2 Å². The number of halogens is 2. The van der Waals surface area contributed by atoms with E-state index in [4.69, 9.17) is 28.5 Å². The number of hydrogen-bond donors (Lipinski definition) is 1. The highest BCUT2D eigenvalue weighted by Gasteiger charge is 2.41. The van der Waals surface area contributed by atoms with E-state index in [0.717, 1.165) is 0 Å². The quantitative estimate of drug-likeness (QED) is 0.652. The van der Waals surface area contributed by atoms with E-state index in [9.17, 15) is 5.11 Å². The van der Waals surface area contributed by atoms with Crippen molar-refractivity contribution in [1.29, 1.82) is 5.26 Å². The molecule has 0 rings (SSSR count). The van der Waals surface area contributed by atoms with Crippen LogP contribution in [-0.2, 0) is 0 Å². The zero-order valence-corrected chi connectivity index (χ0v) is 8.24. The summed E-state index contributed by atoms with van der Waals surface area (Å²) in [5.74, 6) is 0. The highest BCUT2D eigenvalue weighted by molar-refractivity contribution is 6.51. The van der Waals surface area contributed by atoms with Crippen molar-refractivity contribution in [3.05, 3.63) is 0 Å². The van der Waals surface area contributed by atoms with Crippen molar-refractivity contribution in [1.82, 2.24) is 0 Å². The lowest BCUT2D eigenvalue weighted by Gasteiger charge is -2.30. The number of hydrogen-bond acceptors (Lipinski definition) is 2. The molecule has 1 N–H and O–H groups in total. The number of nitrogens with zero attached hydrogens (tertiary/aromatic N) is 1. The Morgan fingerprint density at radius 3 is 1.82 bits per heavy atom. The molecule has 0 aromatic carbocycles. The minimum Gasteiger partial charge on any atom is -0.388 e. The van der Waals surface area contributed by atoms with Gasteiger partial charge >= 0.3 is 0 Å². The Labute approximate surface area is 76.7 Å². The van der Waals surface area contributed by atoms with Gasteiger partial charge in [-0.15, -0.1) is 0 Å². The van der Waals surface area contributed by atoms with Gasteiger partial charge in [-0.3, -0.25) is 0 Å². The molecule has 1 unspecified atom stereocenters. The SMILES string of the molecule is CC(C)(C)C(O)C(Cl)(Cl)C#N. The number of rotatable bonds is 1. The second kappa shape index (κ2) is 3.18. The van der Waals surface area contributed by atoms with Crippen LogP contribution in [0.1, 0.15) is 20.8 Å². The molecule has 0 amide bonds. The summed E-state index contributed by atoms with van der Waals surface area (Å²) in [6.07, 6.45) is -1.05. The van der Waals surface area contributed by atoms with Gasteiger partial charge in [-0.2, -0.15) is 5.26 Å². The first-order chi connectivity index (χ1) is 4.72. The van der Waals surface area contributed by atoms with Crippen LogP contribution in [-0.4, -0.2) is 15.5 Å². The van der Waals surface area contributed by atoms with Crippen LogP contribution in [0.15, 0.2) is 0 Å². The van der Waals surface area contributed by atoms with Gasteiger partial charge in [0.2, 0.25) is 4.33 Å². The van der Waals surface area contributed by atoms with Crippen LogP contribution in [0.3, 0.4) is 0 Å². The van der Waals surface area contributed by atoms with Gasteiger partial charge in [0.25, 0.3) is 0 Å². The molecule has 0 fully saturated rings. The lowest BCUT2D eigenvalue weighted by molar-refractivity contribution is 0.0610. The molecule has 1 atom stereocenters. The summed E-state index contributed by atoms with van der Waals surface area (Å²) in [5, 5.41) is 17.9. The van der Waals surface area contributed by atoms with Gasteiger partial charge in [0, 0.05) is 0 Å². The highest BCUT2D eigenvalue weighted by Crippen LogP contribution is 2.35. The van der Waals surface area contributed by atoms with Crippen LogP contribution in [0.4, 0.5) is 0 Å². The van der Waals surface area contributed by atoms with E-state index in [1.54, 1.807) is 26.8 Å². The lowest BCUT2D eigenvalue weighted by atomic mass is 9.87. The molecule has 64 valence electrons. The van der Waals surface area contributed by atoms with Gasteiger partial charge in [-0.25, -0.2) is 0 Å². The molecule has 0 saturated heterocycles. The minimum absolute atomic E-state index is 0.487. The predicted molar refractivity (Wildman–Crippen MR) is 45.5 cm³/mol. The normalized spacial score (nSPS) is 15.7. The van der Waals surface area contributed by atoms with E-state index in [2.05, 4.69) is 0 Å². The number of alkyl halides is 2. The zero-order chi connectivity index (χ0) is 9.28. The minimum atomic E-state index is -1.71. The van der Waals surface area contributed by atoms with Gasteiger partial charge < -0.3 is 5.11 Å². The summed E-state index contributed by atoms with van der Waals surface area (Å²) >= 11 is 11.0. The first-order valence-corrected chi connectivity index (χ1v) is 3.94. The summed E-state index contributed by atoms with van der Waals surface area (Å²) in [6, 6.07) is 1.63. The molecular formula is C7H11Cl2NO. The molecule has 0 aliphatic heterocycles. The topological polar surface area (TPSA) is 44.0 Å². The Morgan fingerprint density at radius 2 is 1.73 bits per heavy atom. The van der Waals surface area contributed by atoms with E-state index in [1.165, 1.54) is 0 Å². The summed E-state index contributed by atoms with van der Waals surface area (Å²) in [4.78, 5) is 0. The van der Waals surface area contributed by atoms with Crippen molar-refractivity contribution in [3.8, 4) is 6.07 Å². The van der Waals surface area contributed by atoms with Gasteiger partial charge in [-0.1, -0.05) is 44.0 Å². The Hall–Kier alpha value is 0.0300. The van der Waals surface area contributed by atoms with E-state index in [1.807, 2.05) is 0 Å². The number of aliphatic hydroxyl groups is 1. The Balaban J connectivity index is 4.52. The Bertz CT molecular complexity index is 178. The molecule has 0 radical (unpaired) electrons. The maximum Gasteiger partial charge on any atom is 0.229 e. The lowest BCUT2D eigenvalue weighted by Crippen LogP contribution is -2.40. The molecule has 11 heavy (non-hydrogen) atoms. The molecule has 0 aromatic heterocycles. The van der Waals surface area contributed by atoms with Crippen LogP contribution in [0, 0.1) is 16.7 Å². The van der Waals surface area contributed by atoms with Crippen LogP contribution in [0.25, 0.3) is 0 Å². The van der Waals surface area contributed by atoms with Gasteiger partial charge in [0.15, 0.2) is 0 Å². The fourth-order valence-electron chi connectivity index (χ4n) is 0.605. The number of nitriles is 1. The molecule has 0 heterocycles. The average Bonchev–Trinajstić information content (AvgIpc) is 1.84. The molecule has 2 nitrogen and oxygen atoms in total. The summed E-state index contributed by atoms with van der Waals surface area (Å²) in [6.45, 7) is 5.28. The van der Waals surface area contributed by atoms with Crippen molar-refractivity contribution >= 4 is 23.2 Å². The fourth-order valence-corrected chi connectivity index (χ4v) is 1.26. The summed E-state index contributed by atoms with van der Waals surface area (Å²) < 4.78 is -1.71. The van der Waals surface area contributed by atoms with Gasteiger partial charge in [0.1, 0.15) is 12.2 Å². The summed E-state index contributed by atoms with van der Waals surface area (Å²) in [5.41, 5.74) is -0.487. The van der Waals surface area contributed by atoms with E-state index < -0.39 is 15.9 Å². The molecular weight excluding hydrogens is 185 g/mol. The van der Waals surface area contributed by atoms with Crippen molar-refractivity contribution < 1.29 is 5.11 Å². The molecule has 4 heteroatoms. The average molecular weight is 196 g/mol. The summed E-state index contributed by atoms with van der Waals surface area (Å²) in [7, 11) is 0. The predicted octanol–water partition coefficient (Wildman–Crippen LogP) is 2.09. The monoisotopic (exact) mass is 195 g/mol. The van der Waals surface area contributed by atoms with Crippen molar-refractivity contribution in [2.75, 3.05) is 0 Å². The third-order valence-electron chi connectivity index (χ3n) is 1.31. The largest absolute Gasteiger partial charge is 0.388 e.